The van der Waals surface area contributed by atoms with Crippen LogP contribution in [-0.2, 0) is 10.2 Å². The highest BCUT2D eigenvalue weighted by molar-refractivity contribution is 5.75. The van der Waals surface area contributed by atoms with Gasteiger partial charge in [0.2, 0.25) is 5.89 Å². The second-order valence-electron chi connectivity index (χ2n) is 11.9. The van der Waals surface area contributed by atoms with Gasteiger partial charge in [-0.25, -0.2) is 13.6 Å². The summed E-state index contributed by atoms with van der Waals surface area (Å²) in [5.41, 5.74) is -0.284. The zero-order valence-electron chi connectivity index (χ0n) is 21.8. The third kappa shape index (κ3) is 5.26. The van der Waals surface area contributed by atoms with Crippen molar-refractivity contribution < 1.29 is 22.8 Å². The quantitative estimate of drug-likeness (QED) is 0.610. The van der Waals surface area contributed by atoms with E-state index in [9.17, 15) is 4.79 Å². The number of likely N-dealkylation sites (tertiary alicyclic amines) is 2. The van der Waals surface area contributed by atoms with Crippen molar-refractivity contribution in [1.29, 1.82) is 0 Å². The fourth-order valence-electron chi connectivity index (χ4n) is 6.01. The SMILES string of the molecule is CC(C)N1CC[C@H](O[C@H]2CCCC(F)(F)[C@@H]2NC(=O)N2CCC(C)(c3noc(C4CCC4)n3)CC2)C1. The number of amides is 2. The lowest BCUT2D eigenvalue weighted by atomic mass is 9.79. The first-order valence-corrected chi connectivity index (χ1v) is 13.8. The van der Waals surface area contributed by atoms with E-state index in [-0.39, 0.29) is 17.9 Å². The van der Waals surface area contributed by atoms with Crippen LogP contribution in [0.1, 0.15) is 96.2 Å². The average Bonchev–Trinajstić information content (AvgIpc) is 3.46. The predicted molar refractivity (Wildman–Crippen MR) is 130 cm³/mol. The largest absolute Gasteiger partial charge is 0.371 e. The van der Waals surface area contributed by atoms with E-state index in [0.717, 1.165) is 38.2 Å². The van der Waals surface area contributed by atoms with Crippen molar-refractivity contribution in [2.45, 2.75) is 120 Å². The van der Waals surface area contributed by atoms with Crippen LogP contribution in [0, 0.1) is 0 Å². The van der Waals surface area contributed by atoms with Crippen LogP contribution >= 0.6 is 0 Å². The molecule has 5 rings (SSSR count). The van der Waals surface area contributed by atoms with Gasteiger partial charge in [-0.1, -0.05) is 18.5 Å². The minimum absolute atomic E-state index is 0.0683. The summed E-state index contributed by atoms with van der Waals surface area (Å²) in [6.07, 6.45) is 5.54. The summed E-state index contributed by atoms with van der Waals surface area (Å²) >= 11 is 0. The highest BCUT2D eigenvalue weighted by Crippen LogP contribution is 2.39. The number of ether oxygens (including phenoxy) is 1. The maximum atomic E-state index is 15.0. The summed E-state index contributed by atoms with van der Waals surface area (Å²) in [5.74, 6) is -1.18. The zero-order valence-corrected chi connectivity index (χ0v) is 21.8. The molecule has 8 nitrogen and oxygen atoms in total. The number of hydrogen-bond donors (Lipinski definition) is 1. The summed E-state index contributed by atoms with van der Waals surface area (Å²) in [6.45, 7) is 8.96. The molecule has 2 aliphatic carbocycles. The summed E-state index contributed by atoms with van der Waals surface area (Å²) in [7, 11) is 0. The molecule has 2 saturated carbocycles. The highest BCUT2D eigenvalue weighted by Gasteiger charge is 2.50. The first kappa shape index (κ1) is 25.8. The molecule has 1 aromatic rings. The van der Waals surface area contributed by atoms with Gasteiger partial charge in [0.05, 0.1) is 12.2 Å². The van der Waals surface area contributed by atoms with E-state index >= 15 is 8.78 Å². The lowest BCUT2D eigenvalue weighted by Crippen LogP contribution is -2.61. The molecular weight excluding hydrogens is 468 g/mol. The Kier molecular flexibility index (Phi) is 7.29. The lowest BCUT2D eigenvalue weighted by molar-refractivity contribution is -0.138. The fourth-order valence-corrected chi connectivity index (χ4v) is 6.01. The van der Waals surface area contributed by atoms with Crippen LogP contribution < -0.4 is 5.32 Å². The van der Waals surface area contributed by atoms with Gasteiger partial charge < -0.3 is 19.5 Å². The van der Waals surface area contributed by atoms with Crippen molar-refractivity contribution in [1.82, 2.24) is 25.3 Å². The van der Waals surface area contributed by atoms with Crippen molar-refractivity contribution in [2.75, 3.05) is 26.2 Å². The third-order valence-electron chi connectivity index (χ3n) is 8.97. The van der Waals surface area contributed by atoms with Gasteiger partial charge in [0.15, 0.2) is 5.82 Å². The number of urea groups is 1. The standard InChI is InChI=1S/C26H41F2N5O3/c1-17(2)33-13-9-19(16-33)35-20-8-5-10-26(27,28)21(20)29-24(34)32-14-11-25(3,12-15-32)23-30-22(36-31-23)18-6-4-7-18/h17-21H,4-16H2,1-3H3,(H,29,34)/t19-,20-,21+/m0/s1. The van der Waals surface area contributed by atoms with Crippen LogP contribution in [0.25, 0.3) is 0 Å². The van der Waals surface area contributed by atoms with Gasteiger partial charge in [-0.05, 0) is 58.8 Å². The van der Waals surface area contributed by atoms with Gasteiger partial charge in [0.1, 0.15) is 6.04 Å². The maximum Gasteiger partial charge on any atom is 0.317 e. The van der Waals surface area contributed by atoms with Gasteiger partial charge in [0, 0.05) is 50.0 Å². The molecule has 0 spiro atoms. The Bertz CT molecular complexity index is 913. The van der Waals surface area contributed by atoms with Crippen molar-refractivity contribution in [3.8, 4) is 0 Å². The van der Waals surface area contributed by atoms with Crippen molar-refractivity contribution in [3.05, 3.63) is 11.7 Å². The molecule has 0 bridgehead atoms. The monoisotopic (exact) mass is 509 g/mol. The zero-order chi connectivity index (χ0) is 25.5. The topological polar surface area (TPSA) is 83.7 Å². The van der Waals surface area contributed by atoms with E-state index in [1.165, 1.54) is 6.42 Å². The molecule has 4 aliphatic rings. The number of aromatic nitrogens is 2. The Morgan fingerprint density at radius 3 is 2.50 bits per heavy atom. The van der Waals surface area contributed by atoms with Gasteiger partial charge in [-0.15, -0.1) is 0 Å². The second kappa shape index (κ2) is 10.2. The molecule has 2 aliphatic heterocycles. The van der Waals surface area contributed by atoms with Gasteiger partial charge in [0.25, 0.3) is 5.92 Å². The van der Waals surface area contributed by atoms with Crippen LogP contribution in [0.4, 0.5) is 13.6 Å². The van der Waals surface area contributed by atoms with Crippen LogP contribution in [0.3, 0.4) is 0 Å². The first-order valence-electron chi connectivity index (χ1n) is 13.8. The minimum atomic E-state index is -2.98. The summed E-state index contributed by atoms with van der Waals surface area (Å²) < 4.78 is 41.8. The Hall–Kier alpha value is -1.81. The number of rotatable bonds is 6. The maximum absolute atomic E-state index is 15.0. The predicted octanol–water partition coefficient (Wildman–Crippen LogP) is 4.46. The van der Waals surface area contributed by atoms with Gasteiger partial charge in [-0.2, -0.15) is 4.98 Å². The van der Waals surface area contributed by atoms with E-state index < -0.39 is 24.1 Å². The van der Waals surface area contributed by atoms with Gasteiger partial charge in [-0.3, -0.25) is 4.90 Å². The average molecular weight is 510 g/mol. The van der Waals surface area contributed by atoms with E-state index in [0.29, 0.717) is 56.6 Å². The number of alkyl halides is 2. The summed E-state index contributed by atoms with van der Waals surface area (Å²) in [4.78, 5) is 21.8. The summed E-state index contributed by atoms with van der Waals surface area (Å²) in [5, 5.41) is 6.93. The van der Waals surface area contributed by atoms with Crippen molar-refractivity contribution in [3.63, 3.8) is 0 Å². The number of nitrogens with zero attached hydrogens (tertiary/aromatic N) is 4. The van der Waals surface area contributed by atoms with Crippen LogP contribution in [0.15, 0.2) is 4.52 Å². The Balaban J connectivity index is 1.18. The van der Waals surface area contributed by atoms with E-state index in [1.807, 2.05) is 0 Å². The van der Waals surface area contributed by atoms with Crippen LogP contribution in [0.5, 0.6) is 0 Å². The van der Waals surface area contributed by atoms with E-state index in [2.05, 4.69) is 41.1 Å². The Morgan fingerprint density at radius 2 is 1.86 bits per heavy atom. The molecule has 36 heavy (non-hydrogen) atoms. The highest BCUT2D eigenvalue weighted by atomic mass is 19.3. The number of nitrogens with one attached hydrogen (secondary N) is 1. The minimum Gasteiger partial charge on any atom is -0.371 e. The lowest BCUT2D eigenvalue weighted by Gasteiger charge is -2.42. The fraction of sp³-hybridized carbons (Fsp3) is 0.885. The second-order valence-corrected chi connectivity index (χ2v) is 11.9. The van der Waals surface area contributed by atoms with E-state index in [1.54, 1.807) is 4.90 Å². The molecule has 1 aromatic heterocycles. The molecule has 1 N–H and O–H groups in total. The number of piperidine rings is 1. The molecular formula is C26H41F2N5O3. The smallest absolute Gasteiger partial charge is 0.317 e. The molecule has 0 radical (unpaired) electrons. The van der Waals surface area contributed by atoms with Crippen molar-refractivity contribution >= 4 is 6.03 Å². The number of carbonyl (C=O) groups is 1. The first-order chi connectivity index (χ1) is 17.1. The van der Waals surface area contributed by atoms with Crippen molar-refractivity contribution in [2.24, 2.45) is 0 Å². The Labute approximate surface area is 212 Å². The molecule has 4 fully saturated rings. The number of hydrogen-bond acceptors (Lipinski definition) is 6. The third-order valence-corrected chi connectivity index (χ3v) is 8.97. The number of halogens is 2. The molecule has 10 heteroatoms. The van der Waals surface area contributed by atoms with Gasteiger partial charge >= 0.3 is 6.03 Å². The van der Waals surface area contributed by atoms with Crippen LogP contribution in [0.2, 0.25) is 0 Å². The number of carbonyl (C=O) groups excluding carboxylic acids is 1. The normalized spacial score (nSPS) is 30.9. The molecule has 202 valence electrons. The molecule has 2 amide bonds. The van der Waals surface area contributed by atoms with Crippen LogP contribution in [-0.4, -0.2) is 82.4 Å². The molecule has 0 aromatic carbocycles. The van der Waals surface area contributed by atoms with E-state index in [4.69, 9.17) is 9.26 Å². The molecule has 2 saturated heterocycles. The molecule has 3 heterocycles. The summed E-state index contributed by atoms with van der Waals surface area (Å²) in [6, 6.07) is -1.33. The molecule has 3 atom stereocenters. The molecule has 0 unspecified atom stereocenters. The Morgan fingerprint density at radius 1 is 1.11 bits per heavy atom.